The Hall–Kier alpha value is -2.13. The first kappa shape index (κ1) is 19.9. The summed E-state index contributed by atoms with van der Waals surface area (Å²) in [6.07, 6.45) is -0.496. The highest BCUT2D eigenvalue weighted by Crippen LogP contribution is 2.19. The van der Waals surface area contributed by atoms with E-state index >= 15 is 0 Å². The summed E-state index contributed by atoms with van der Waals surface area (Å²) >= 11 is 0. The lowest BCUT2D eigenvalue weighted by atomic mass is 10.1. The first-order chi connectivity index (χ1) is 11.3. The summed E-state index contributed by atoms with van der Waals surface area (Å²) < 4.78 is 33.7. The van der Waals surface area contributed by atoms with Gasteiger partial charge in [-0.2, -0.15) is 0 Å². The molecule has 0 aromatic carbocycles. The van der Waals surface area contributed by atoms with E-state index < -0.39 is 6.43 Å². The monoisotopic (exact) mass is 343 g/mol. The third-order valence-electron chi connectivity index (χ3n) is 3.55. The Labute approximate surface area is 140 Å². The molecule has 24 heavy (non-hydrogen) atoms. The molecular weight excluding hydrogens is 318 g/mol. The Morgan fingerprint density at radius 1 is 1.33 bits per heavy atom. The largest absolute Gasteiger partial charge is 0.387 e. The molecule has 0 amide bonds. The van der Waals surface area contributed by atoms with Crippen molar-refractivity contribution >= 4 is 18.5 Å². The molecule has 1 aliphatic heterocycles. The van der Waals surface area contributed by atoms with Gasteiger partial charge in [-0.15, -0.1) is 0 Å². The molecule has 0 spiro atoms. The molecule has 1 unspecified atom stereocenters. The van der Waals surface area contributed by atoms with Crippen LogP contribution in [0.2, 0.25) is 0 Å². The predicted octanol–water partition coefficient (Wildman–Crippen LogP) is 0.213. The van der Waals surface area contributed by atoms with Gasteiger partial charge in [0.15, 0.2) is 0 Å². The van der Waals surface area contributed by atoms with Crippen LogP contribution >= 0.6 is 0 Å². The second-order valence-electron chi connectivity index (χ2n) is 5.42. The highest BCUT2D eigenvalue weighted by Gasteiger charge is 2.28. The van der Waals surface area contributed by atoms with Gasteiger partial charge < -0.3 is 16.2 Å². The Morgan fingerprint density at radius 3 is 2.38 bits per heavy atom. The van der Waals surface area contributed by atoms with E-state index in [1.807, 2.05) is 18.4 Å². The van der Waals surface area contributed by atoms with Gasteiger partial charge in [-0.3, -0.25) is 15.3 Å². The first-order valence-corrected chi connectivity index (χ1v) is 7.51. The minimum absolute atomic E-state index is 0.00980. The summed E-state index contributed by atoms with van der Waals surface area (Å²) in [5.74, 6) is -0.0436. The summed E-state index contributed by atoms with van der Waals surface area (Å²) in [5, 5.41) is 0. The van der Waals surface area contributed by atoms with Crippen molar-refractivity contribution in [2.24, 2.45) is 27.2 Å². The van der Waals surface area contributed by atoms with Gasteiger partial charge in [-0.25, -0.2) is 8.78 Å². The number of ether oxygens (including phenoxy) is 1. The van der Waals surface area contributed by atoms with E-state index in [0.29, 0.717) is 13.2 Å². The van der Waals surface area contributed by atoms with E-state index in [2.05, 4.69) is 16.7 Å². The van der Waals surface area contributed by atoms with Gasteiger partial charge in [0.05, 0.1) is 30.9 Å². The molecule has 1 rings (SSSR count). The topological polar surface area (TPSA) is 115 Å². The summed E-state index contributed by atoms with van der Waals surface area (Å²) in [7, 11) is 0. The minimum Gasteiger partial charge on any atom is -0.374 e. The lowest BCUT2D eigenvalue weighted by molar-refractivity contribution is -0.617. The number of halogens is 2. The number of rotatable bonds is 5. The predicted molar refractivity (Wildman–Crippen MR) is 91.6 cm³/mol. The molecule has 0 saturated carbocycles. The second-order valence-corrected chi connectivity index (χ2v) is 5.42. The quantitative estimate of drug-likeness (QED) is 0.286. The van der Waals surface area contributed by atoms with Gasteiger partial charge in [0.25, 0.3) is 6.43 Å². The SMILES string of the molecule is C=N/C=C(C(N)=NC(N)=[N+]1C(C)COC[C@H]1C)\C(=C/CN)C(F)F. The van der Waals surface area contributed by atoms with Gasteiger partial charge in [-0.05, 0) is 20.6 Å². The van der Waals surface area contributed by atoms with Crippen molar-refractivity contribution < 1.29 is 18.1 Å². The number of hydrogen-bond donors (Lipinski definition) is 3. The fourth-order valence-electron chi connectivity index (χ4n) is 2.52. The van der Waals surface area contributed by atoms with Crippen LogP contribution < -0.4 is 17.2 Å². The number of morpholine rings is 1. The van der Waals surface area contributed by atoms with E-state index in [4.69, 9.17) is 21.9 Å². The molecule has 1 aliphatic rings. The lowest BCUT2D eigenvalue weighted by Gasteiger charge is -2.28. The molecule has 9 heteroatoms. The molecule has 0 radical (unpaired) electrons. The van der Waals surface area contributed by atoms with Gasteiger partial charge in [-0.1, -0.05) is 11.1 Å². The molecular formula is C15H25F2N6O+. The van der Waals surface area contributed by atoms with Crippen LogP contribution in [0.1, 0.15) is 13.8 Å². The summed E-state index contributed by atoms with van der Waals surface area (Å²) in [4.78, 5) is 7.61. The Bertz CT molecular complexity index is 571. The zero-order chi connectivity index (χ0) is 18.3. The van der Waals surface area contributed by atoms with Crippen molar-refractivity contribution in [1.82, 2.24) is 0 Å². The van der Waals surface area contributed by atoms with Crippen LogP contribution in [-0.2, 0) is 4.74 Å². The number of alkyl halides is 2. The van der Waals surface area contributed by atoms with Crippen LogP contribution in [0, 0.1) is 0 Å². The number of nitrogens with two attached hydrogens (primary N) is 3. The van der Waals surface area contributed by atoms with Gasteiger partial charge >= 0.3 is 5.96 Å². The Kier molecular flexibility index (Phi) is 7.66. The number of amidine groups is 1. The molecule has 7 nitrogen and oxygen atoms in total. The number of aliphatic imine (C=N–C) groups is 2. The van der Waals surface area contributed by atoms with E-state index in [0.717, 1.165) is 6.20 Å². The number of hydrogen-bond acceptors (Lipinski definition) is 3. The minimum atomic E-state index is -2.78. The highest BCUT2D eigenvalue weighted by molar-refractivity contribution is 6.06. The van der Waals surface area contributed by atoms with Crippen molar-refractivity contribution in [2.75, 3.05) is 19.8 Å². The Balaban J connectivity index is 3.30. The van der Waals surface area contributed by atoms with Crippen LogP contribution in [0.4, 0.5) is 8.78 Å². The maximum absolute atomic E-state index is 13.2. The molecule has 0 bridgehead atoms. The van der Waals surface area contributed by atoms with Crippen LogP contribution in [-0.4, -0.2) is 61.4 Å². The number of guanidine groups is 1. The molecule has 1 fully saturated rings. The van der Waals surface area contributed by atoms with E-state index in [-0.39, 0.29) is 41.6 Å². The molecule has 0 aromatic heterocycles. The standard InChI is InChI=1S/C15H24F2N6O/c1-9-7-24-8-10(2)23(9)15(20)22-14(19)12(6-21-3)11(4-5-18)13(16)17/h4,6,9-10,13H,3,5,7-8,18H2,1-2H3,(H3,19,20,22)/p+1/b11-4+,12-6+/t9-,10?/m1/s1. The molecule has 0 aliphatic carbocycles. The van der Waals surface area contributed by atoms with Crippen molar-refractivity contribution in [1.29, 1.82) is 0 Å². The maximum Gasteiger partial charge on any atom is 0.387 e. The van der Waals surface area contributed by atoms with Gasteiger partial charge in [0, 0.05) is 18.3 Å². The van der Waals surface area contributed by atoms with Crippen LogP contribution in [0.15, 0.2) is 33.4 Å². The summed E-state index contributed by atoms with van der Waals surface area (Å²) in [6.45, 7) is 8.04. The molecule has 0 aromatic rings. The molecule has 1 heterocycles. The average molecular weight is 343 g/mol. The fraction of sp³-hybridized carbons (Fsp3) is 0.533. The Morgan fingerprint density at radius 2 is 1.92 bits per heavy atom. The fourth-order valence-corrected chi connectivity index (χ4v) is 2.52. The first-order valence-electron chi connectivity index (χ1n) is 7.51. The van der Waals surface area contributed by atoms with Crippen molar-refractivity contribution in [3.63, 3.8) is 0 Å². The summed E-state index contributed by atoms with van der Waals surface area (Å²) in [5.41, 5.74) is 16.8. The molecule has 6 N–H and O–H groups in total. The van der Waals surface area contributed by atoms with E-state index in [1.54, 1.807) is 0 Å². The van der Waals surface area contributed by atoms with Crippen molar-refractivity contribution in [3.8, 4) is 0 Å². The highest BCUT2D eigenvalue weighted by atomic mass is 19.3. The molecule has 2 atom stereocenters. The smallest absolute Gasteiger partial charge is 0.374 e. The van der Waals surface area contributed by atoms with E-state index in [9.17, 15) is 8.78 Å². The van der Waals surface area contributed by atoms with Crippen LogP contribution in [0.3, 0.4) is 0 Å². The zero-order valence-corrected chi connectivity index (χ0v) is 14.0. The normalized spacial score (nSPS) is 25.8. The lowest BCUT2D eigenvalue weighted by Crippen LogP contribution is -2.48. The van der Waals surface area contributed by atoms with E-state index in [1.165, 1.54) is 6.08 Å². The molecule has 134 valence electrons. The average Bonchev–Trinajstić information content (AvgIpc) is 2.50. The third-order valence-corrected chi connectivity index (χ3v) is 3.55. The van der Waals surface area contributed by atoms with Crippen LogP contribution in [0.5, 0.6) is 0 Å². The summed E-state index contributed by atoms with van der Waals surface area (Å²) in [6, 6.07) is -0.0196. The van der Waals surface area contributed by atoms with Crippen molar-refractivity contribution in [3.05, 3.63) is 23.4 Å². The van der Waals surface area contributed by atoms with Gasteiger partial charge in [0.2, 0.25) is 5.84 Å². The maximum atomic E-state index is 13.2. The van der Waals surface area contributed by atoms with Gasteiger partial charge in [0.1, 0.15) is 0 Å². The number of nitrogens with zero attached hydrogens (tertiary/aromatic N) is 3. The molecule has 1 saturated heterocycles. The zero-order valence-electron chi connectivity index (χ0n) is 14.0. The van der Waals surface area contributed by atoms with Crippen LogP contribution in [0.25, 0.3) is 0 Å². The van der Waals surface area contributed by atoms with Crippen molar-refractivity contribution in [2.45, 2.75) is 32.4 Å². The third kappa shape index (κ3) is 4.93. The second kappa shape index (κ2) is 9.24.